The van der Waals surface area contributed by atoms with Crippen LogP contribution in [0.15, 0.2) is 42.0 Å². The average Bonchev–Trinajstić information content (AvgIpc) is 3.27. The molecule has 3 heterocycles. The Morgan fingerprint density at radius 2 is 2.21 bits per heavy atom. The summed E-state index contributed by atoms with van der Waals surface area (Å²) in [7, 11) is 4.10. The van der Waals surface area contributed by atoms with E-state index in [2.05, 4.69) is 32.7 Å². The van der Waals surface area contributed by atoms with Crippen molar-refractivity contribution in [2.45, 2.75) is 24.9 Å². The van der Waals surface area contributed by atoms with E-state index in [0.29, 0.717) is 6.54 Å². The third-order valence-corrected chi connectivity index (χ3v) is 5.52. The molecule has 0 aromatic carbocycles. The van der Waals surface area contributed by atoms with E-state index in [1.54, 1.807) is 23.7 Å². The lowest BCUT2D eigenvalue weighted by Crippen LogP contribution is -2.42. The van der Waals surface area contributed by atoms with Gasteiger partial charge < -0.3 is 15.1 Å². The van der Waals surface area contributed by atoms with Crippen LogP contribution in [0.5, 0.6) is 0 Å². The van der Waals surface area contributed by atoms with Crippen molar-refractivity contribution in [3.63, 3.8) is 0 Å². The largest absolute Gasteiger partial charge is 0.336 e. The number of hydrogen-bond acceptors (Lipinski definition) is 4. The molecule has 5 nitrogen and oxygen atoms in total. The number of rotatable bonds is 5. The minimum absolute atomic E-state index is 0.0257. The SMILES string of the molecule is CN(C)[C@H](CNC(=O)N1CCC[C@H]1c1ccncc1)c1cccs1. The Morgan fingerprint density at radius 1 is 1.42 bits per heavy atom. The van der Waals surface area contributed by atoms with E-state index in [0.717, 1.165) is 19.4 Å². The molecule has 2 aromatic heterocycles. The second-order valence-electron chi connectivity index (χ2n) is 6.31. The lowest BCUT2D eigenvalue weighted by molar-refractivity contribution is 0.188. The molecule has 2 amide bonds. The molecule has 1 aliphatic heterocycles. The van der Waals surface area contributed by atoms with Gasteiger partial charge in [0.25, 0.3) is 0 Å². The minimum Gasteiger partial charge on any atom is -0.336 e. The van der Waals surface area contributed by atoms with E-state index in [1.807, 2.05) is 31.1 Å². The molecule has 0 unspecified atom stereocenters. The first kappa shape index (κ1) is 16.9. The van der Waals surface area contributed by atoms with E-state index < -0.39 is 0 Å². The van der Waals surface area contributed by atoms with Crippen molar-refractivity contribution in [2.24, 2.45) is 0 Å². The lowest BCUT2D eigenvalue weighted by Gasteiger charge is -2.28. The van der Waals surface area contributed by atoms with Gasteiger partial charge >= 0.3 is 6.03 Å². The van der Waals surface area contributed by atoms with Gasteiger partial charge in [-0.1, -0.05) is 6.07 Å². The molecule has 6 heteroatoms. The van der Waals surface area contributed by atoms with Gasteiger partial charge in [-0.25, -0.2) is 4.79 Å². The smallest absolute Gasteiger partial charge is 0.317 e. The second kappa shape index (κ2) is 7.77. The maximum Gasteiger partial charge on any atom is 0.317 e. The van der Waals surface area contributed by atoms with Gasteiger partial charge in [-0.3, -0.25) is 4.98 Å². The van der Waals surface area contributed by atoms with Crippen LogP contribution in [0.1, 0.15) is 35.4 Å². The van der Waals surface area contributed by atoms with Gasteiger partial charge in [-0.05, 0) is 56.1 Å². The zero-order chi connectivity index (χ0) is 16.9. The highest BCUT2D eigenvalue weighted by Gasteiger charge is 2.30. The molecule has 1 N–H and O–H groups in total. The molecule has 1 saturated heterocycles. The number of likely N-dealkylation sites (tertiary alicyclic amines) is 1. The molecule has 1 aliphatic rings. The molecule has 2 aromatic rings. The highest BCUT2D eigenvalue weighted by Crippen LogP contribution is 2.31. The number of nitrogens with one attached hydrogen (secondary N) is 1. The quantitative estimate of drug-likeness (QED) is 0.905. The number of amides is 2. The summed E-state index contributed by atoms with van der Waals surface area (Å²) >= 11 is 1.73. The fraction of sp³-hybridized carbons (Fsp3) is 0.444. The third-order valence-electron chi connectivity index (χ3n) is 4.55. The fourth-order valence-corrected chi connectivity index (χ4v) is 4.17. The van der Waals surface area contributed by atoms with Gasteiger partial charge in [0.1, 0.15) is 0 Å². The monoisotopic (exact) mass is 344 g/mol. The first-order chi connectivity index (χ1) is 11.7. The van der Waals surface area contributed by atoms with Crippen molar-refractivity contribution in [2.75, 3.05) is 27.2 Å². The number of carbonyl (C=O) groups excluding carboxylic acids is 1. The number of urea groups is 1. The van der Waals surface area contributed by atoms with Gasteiger partial charge in [-0.15, -0.1) is 11.3 Å². The summed E-state index contributed by atoms with van der Waals surface area (Å²) in [5.74, 6) is 0. The first-order valence-electron chi connectivity index (χ1n) is 8.31. The highest BCUT2D eigenvalue weighted by molar-refractivity contribution is 7.10. The number of likely N-dealkylation sites (N-methyl/N-ethyl adjacent to an activating group) is 1. The molecule has 0 saturated carbocycles. The van der Waals surface area contributed by atoms with Gasteiger partial charge in [-0.2, -0.15) is 0 Å². The maximum absolute atomic E-state index is 12.7. The summed E-state index contributed by atoms with van der Waals surface area (Å²) in [6, 6.07) is 8.57. The zero-order valence-corrected chi connectivity index (χ0v) is 15.0. The molecule has 0 aliphatic carbocycles. The summed E-state index contributed by atoms with van der Waals surface area (Å²) in [5, 5.41) is 5.21. The Bertz CT molecular complexity index is 644. The number of hydrogen-bond donors (Lipinski definition) is 1. The van der Waals surface area contributed by atoms with Gasteiger partial charge in [0.15, 0.2) is 0 Å². The molecule has 0 radical (unpaired) electrons. The number of thiophene rings is 1. The molecule has 0 spiro atoms. The number of aromatic nitrogens is 1. The molecule has 1 fully saturated rings. The van der Waals surface area contributed by atoms with Crippen LogP contribution in [0, 0.1) is 0 Å². The molecule has 24 heavy (non-hydrogen) atoms. The Hall–Kier alpha value is -1.92. The van der Waals surface area contributed by atoms with Crippen molar-refractivity contribution < 1.29 is 4.79 Å². The van der Waals surface area contributed by atoms with Crippen LogP contribution in [0.2, 0.25) is 0 Å². The summed E-state index contributed by atoms with van der Waals surface area (Å²) in [5.41, 5.74) is 1.17. The summed E-state index contributed by atoms with van der Waals surface area (Å²) < 4.78 is 0. The fourth-order valence-electron chi connectivity index (χ4n) is 3.25. The van der Waals surface area contributed by atoms with Gasteiger partial charge in [0.05, 0.1) is 12.1 Å². The van der Waals surface area contributed by atoms with E-state index in [1.165, 1.54) is 10.4 Å². The molecule has 0 bridgehead atoms. The topological polar surface area (TPSA) is 48.5 Å². The second-order valence-corrected chi connectivity index (χ2v) is 7.29. The highest BCUT2D eigenvalue weighted by atomic mass is 32.1. The van der Waals surface area contributed by atoms with Crippen LogP contribution in [0.3, 0.4) is 0 Å². The summed E-state index contributed by atoms with van der Waals surface area (Å²) in [6.07, 6.45) is 5.65. The Labute approximate surface area is 147 Å². The van der Waals surface area contributed by atoms with Crippen LogP contribution in [0.25, 0.3) is 0 Å². The molecule has 3 rings (SSSR count). The van der Waals surface area contributed by atoms with Crippen molar-refractivity contribution in [3.05, 3.63) is 52.5 Å². The third kappa shape index (κ3) is 3.76. The van der Waals surface area contributed by atoms with Crippen LogP contribution in [-0.4, -0.2) is 48.0 Å². The zero-order valence-electron chi connectivity index (χ0n) is 14.2. The van der Waals surface area contributed by atoms with E-state index in [9.17, 15) is 4.79 Å². The maximum atomic E-state index is 12.7. The van der Waals surface area contributed by atoms with Crippen LogP contribution < -0.4 is 5.32 Å². The lowest BCUT2D eigenvalue weighted by atomic mass is 10.1. The summed E-state index contributed by atoms with van der Waals surface area (Å²) in [4.78, 5) is 22.2. The van der Waals surface area contributed by atoms with E-state index in [-0.39, 0.29) is 18.1 Å². The standard InChI is InChI=1S/C18H24N4OS/c1-21(2)16(17-6-4-12-24-17)13-20-18(23)22-11-3-5-15(22)14-7-9-19-10-8-14/h4,6-10,12,15-16H,3,5,11,13H2,1-2H3,(H,20,23)/t15-,16+/m0/s1. The first-order valence-corrected chi connectivity index (χ1v) is 9.19. The predicted octanol–water partition coefficient (Wildman–Crippen LogP) is 3.29. The van der Waals surface area contributed by atoms with Gasteiger partial charge in [0, 0.05) is 30.4 Å². The predicted molar refractivity (Wildman–Crippen MR) is 97.1 cm³/mol. The molecular weight excluding hydrogens is 320 g/mol. The number of carbonyl (C=O) groups is 1. The van der Waals surface area contributed by atoms with E-state index >= 15 is 0 Å². The molecule has 128 valence electrons. The Morgan fingerprint density at radius 3 is 2.88 bits per heavy atom. The van der Waals surface area contributed by atoms with Crippen molar-refractivity contribution in [1.82, 2.24) is 20.1 Å². The minimum atomic E-state index is 0.0257. The molecule has 2 atom stereocenters. The average molecular weight is 344 g/mol. The van der Waals surface area contributed by atoms with E-state index in [4.69, 9.17) is 0 Å². The number of pyridine rings is 1. The molecular formula is C18H24N4OS. The Kier molecular flexibility index (Phi) is 5.48. The van der Waals surface area contributed by atoms with Crippen molar-refractivity contribution in [3.8, 4) is 0 Å². The normalized spacial score (nSPS) is 18.8. The summed E-state index contributed by atoms with van der Waals surface area (Å²) in [6.45, 7) is 1.43. The number of nitrogens with zero attached hydrogens (tertiary/aromatic N) is 3. The van der Waals surface area contributed by atoms with Crippen LogP contribution in [0.4, 0.5) is 4.79 Å². The Balaban J connectivity index is 1.64. The van der Waals surface area contributed by atoms with Crippen molar-refractivity contribution in [1.29, 1.82) is 0 Å². The van der Waals surface area contributed by atoms with Crippen LogP contribution >= 0.6 is 11.3 Å². The van der Waals surface area contributed by atoms with Crippen molar-refractivity contribution >= 4 is 17.4 Å². The van der Waals surface area contributed by atoms with Crippen LogP contribution in [-0.2, 0) is 0 Å². The van der Waals surface area contributed by atoms with Gasteiger partial charge in [0.2, 0.25) is 0 Å².